The average Bonchev–Trinajstić information content (AvgIpc) is 2.71. The first kappa shape index (κ1) is 8.93. The number of aromatic amines is 1. The van der Waals surface area contributed by atoms with Crippen LogP contribution in [0.5, 0.6) is 0 Å². The lowest BCUT2D eigenvalue weighted by molar-refractivity contribution is 0.732. The van der Waals surface area contributed by atoms with E-state index in [1.54, 1.807) is 6.20 Å². The highest BCUT2D eigenvalue weighted by molar-refractivity contribution is 5.24. The van der Waals surface area contributed by atoms with Gasteiger partial charge in [0.25, 0.3) is 0 Å². The van der Waals surface area contributed by atoms with Crippen LogP contribution < -0.4 is 0 Å². The highest BCUT2D eigenvalue weighted by atomic mass is 15.3. The van der Waals surface area contributed by atoms with Crippen molar-refractivity contribution < 1.29 is 0 Å². The van der Waals surface area contributed by atoms with Crippen LogP contribution in [0.25, 0.3) is 5.82 Å². The van der Waals surface area contributed by atoms with Crippen LogP contribution in [0.2, 0.25) is 0 Å². The highest BCUT2D eigenvalue weighted by Gasteiger charge is 2.14. The van der Waals surface area contributed by atoms with Gasteiger partial charge in [-0.3, -0.25) is 9.67 Å². The number of rotatable bonds is 2. The van der Waals surface area contributed by atoms with E-state index in [1.165, 1.54) is 0 Å². The first-order valence-electron chi connectivity index (χ1n) is 4.62. The molecule has 0 aliphatic heterocycles. The Morgan fingerprint density at radius 3 is 2.71 bits per heavy atom. The van der Waals surface area contributed by atoms with Crippen molar-refractivity contribution in [1.82, 2.24) is 25.0 Å². The van der Waals surface area contributed by atoms with E-state index in [1.807, 2.05) is 17.6 Å². The summed E-state index contributed by atoms with van der Waals surface area (Å²) in [6, 6.07) is 1.90. The van der Waals surface area contributed by atoms with Crippen LogP contribution in [0.15, 0.2) is 12.3 Å². The van der Waals surface area contributed by atoms with Crippen molar-refractivity contribution in [2.75, 3.05) is 0 Å². The van der Waals surface area contributed by atoms with Gasteiger partial charge in [0.2, 0.25) is 0 Å². The van der Waals surface area contributed by atoms with Crippen LogP contribution in [0.4, 0.5) is 0 Å². The Kier molecular flexibility index (Phi) is 2.07. The molecule has 74 valence electrons. The molecule has 0 unspecified atom stereocenters. The fraction of sp³-hybridized carbons (Fsp3) is 0.444. The zero-order valence-electron chi connectivity index (χ0n) is 8.52. The molecule has 5 nitrogen and oxygen atoms in total. The van der Waals surface area contributed by atoms with Gasteiger partial charge in [-0.25, -0.2) is 0 Å². The van der Waals surface area contributed by atoms with Crippen molar-refractivity contribution in [2.24, 2.45) is 0 Å². The lowest BCUT2D eigenvalue weighted by Crippen LogP contribution is -2.05. The third-order valence-corrected chi connectivity index (χ3v) is 2.08. The second kappa shape index (κ2) is 3.25. The van der Waals surface area contributed by atoms with E-state index < -0.39 is 0 Å². The number of hydrogen-bond acceptors (Lipinski definition) is 3. The molecule has 0 aromatic carbocycles. The van der Waals surface area contributed by atoms with Gasteiger partial charge in [0.1, 0.15) is 11.6 Å². The Morgan fingerprint density at radius 2 is 2.14 bits per heavy atom. The summed E-state index contributed by atoms with van der Waals surface area (Å²) >= 11 is 0. The van der Waals surface area contributed by atoms with Crippen LogP contribution >= 0.6 is 0 Å². The Morgan fingerprint density at radius 1 is 1.36 bits per heavy atom. The number of aryl methyl sites for hydroxylation is 1. The number of aromatic nitrogens is 5. The van der Waals surface area contributed by atoms with Crippen LogP contribution in [-0.2, 0) is 0 Å². The molecule has 0 aliphatic carbocycles. The second-order valence-electron chi connectivity index (χ2n) is 3.53. The van der Waals surface area contributed by atoms with Crippen molar-refractivity contribution in [2.45, 2.75) is 26.7 Å². The Bertz CT molecular complexity index is 412. The maximum Gasteiger partial charge on any atom is 0.161 e. The summed E-state index contributed by atoms with van der Waals surface area (Å²) in [4.78, 5) is 0. The maximum atomic E-state index is 4.13. The quantitative estimate of drug-likeness (QED) is 0.781. The van der Waals surface area contributed by atoms with E-state index in [9.17, 15) is 0 Å². The Hall–Kier alpha value is -1.65. The molecule has 0 atom stereocenters. The van der Waals surface area contributed by atoms with Gasteiger partial charge < -0.3 is 0 Å². The van der Waals surface area contributed by atoms with Crippen molar-refractivity contribution in [1.29, 1.82) is 0 Å². The monoisotopic (exact) mass is 191 g/mol. The third kappa shape index (κ3) is 1.30. The molecule has 0 saturated heterocycles. The minimum Gasteiger partial charge on any atom is -0.284 e. The van der Waals surface area contributed by atoms with Crippen LogP contribution in [0.3, 0.4) is 0 Å². The normalized spacial score (nSPS) is 11.1. The van der Waals surface area contributed by atoms with E-state index in [0.717, 1.165) is 17.5 Å². The maximum absolute atomic E-state index is 4.13. The molecule has 0 aliphatic rings. The van der Waals surface area contributed by atoms with Crippen LogP contribution in [0, 0.1) is 6.92 Å². The van der Waals surface area contributed by atoms with Gasteiger partial charge in [0, 0.05) is 18.2 Å². The van der Waals surface area contributed by atoms with Crippen molar-refractivity contribution in [3.05, 3.63) is 23.9 Å². The zero-order valence-corrected chi connectivity index (χ0v) is 8.52. The molecule has 0 saturated carbocycles. The zero-order chi connectivity index (χ0) is 10.1. The van der Waals surface area contributed by atoms with Gasteiger partial charge >= 0.3 is 0 Å². The van der Waals surface area contributed by atoms with E-state index in [4.69, 9.17) is 0 Å². The van der Waals surface area contributed by atoms with Crippen molar-refractivity contribution >= 4 is 0 Å². The summed E-state index contributed by atoms with van der Waals surface area (Å²) < 4.78 is 1.96. The molecular formula is C9H13N5. The van der Waals surface area contributed by atoms with E-state index >= 15 is 0 Å². The van der Waals surface area contributed by atoms with Gasteiger partial charge in [-0.15, -0.1) is 10.2 Å². The number of nitrogens with zero attached hydrogens (tertiary/aromatic N) is 4. The molecular weight excluding hydrogens is 178 g/mol. The first-order chi connectivity index (χ1) is 6.70. The summed E-state index contributed by atoms with van der Waals surface area (Å²) in [5.41, 5.74) is 0. The SMILES string of the molecule is Cc1nnc(C(C)C)n1-c1cc[nH]n1. The van der Waals surface area contributed by atoms with Crippen LogP contribution in [0.1, 0.15) is 31.4 Å². The minimum absolute atomic E-state index is 0.341. The Balaban J connectivity index is 2.56. The molecule has 0 fully saturated rings. The van der Waals surface area contributed by atoms with Crippen molar-refractivity contribution in [3.8, 4) is 5.82 Å². The van der Waals surface area contributed by atoms with Gasteiger partial charge in [-0.2, -0.15) is 5.10 Å². The molecule has 1 N–H and O–H groups in total. The minimum atomic E-state index is 0.341. The number of nitrogens with one attached hydrogen (secondary N) is 1. The second-order valence-corrected chi connectivity index (χ2v) is 3.53. The van der Waals surface area contributed by atoms with Crippen LogP contribution in [-0.4, -0.2) is 25.0 Å². The van der Waals surface area contributed by atoms with Gasteiger partial charge in [0.15, 0.2) is 5.82 Å². The van der Waals surface area contributed by atoms with E-state index in [-0.39, 0.29) is 0 Å². The summed E-state index contributed by atoms with van der Waals surface area (Å²) in [6.07, 6.45) is 1.79. The number of hydrogen-bond donors (Lipinski definition) is 1. The number of H-pyrrole nitrogens is 1. The summed E-state index contributed by atoms with van der Waals surface area (Å²) in [6.45, 7) is 6.10. The Labute approximate surface area is 82.2 Å². The van der Waals surface area contributed by atoms with Gasteiger partial charge in [-0.1, -0.05) is 13.8 Å². The third-order valence-electron chi connectivity index (χ3n) is 2.08. The highest BCUT2D eigenvalue weighted by Crippen LogP contribution is 2.16. The van der Waals surface area contributed by atoms with E-state index in [2.05, 4.69) is 34.2 Å². The molecule has 14 heavy (non-hydrogen) atoms. The molecule has 2 heterocycles. The first-order valence-corrected chi connectivity index (χ1v) is 4.62. The largest absolute Gasteiger partial charge is 0.284 e. The average molecular weight is 191 g/mol. The van der Waals surface area contributed by atoms with Crippen molar-refractivity contribution in [3.63, 3.8) is 0 Å². The molecule has 0 radical (unpaired) electrons. The smallest absolute Gasteiger partial charge is 0.161 e. The molecule has 5 heteroatoms. The molecule has 2 aromatic rings. The van der Waals surface area contributed by atoms with E-state index in [0.29, 0.717) is 5.92 Å². The summed E-state index contributed by atoms with van der Waals surface area (Å²) in [7, 11) is 0. The topological polar surface area (TPSA) is 59.4 Å². The lowest BCUT2D eigenvalue weighted by Gasteiger charge is -2.06. The fourth-order valence-corrected chi connectivity index (χ4v) is 1.41. The summed E-state index contributed by atoms with van der Waals surface area (Å²) in [5.74, 6) is 2.99. The lowest BCUT2D eigenvalue weighted by atomic mass is 10.2. The van der Waals surface area contributed by atoms with Gasteiger partial charge in [0.05, 0.1) is 0 Å². The molecule has 2 rings (SSSR count). The molecule has 2 aromatic heterocycles. The molecule has 0 amide bonds. The predicted molar refractivity (Wildman–Crippen MR) is 52.3 cm³/mol. The summed E-state index contributed by atoms with van der Waals surface area (Å²) in [5, 5.41) is 15.1. The standard InChI is InChI=1S/C9H13N5/c1-6(2)9-13-11-7(3)14(9)8-4-5-10-12-8/h4-6H,1-3H3,(H,10,12). The molecule has 0 spiro atoms. The van der Waals surface area contributed by atoms with Gasteiger partial charge in [-0.05, 0) is 6.92 Å². The molecule has 0 bridgehead atoms. The predicted octanol–water partition coefficient (Wildman–Crippen LogP) is 1.42. The fourth-order valence-electron chi connectivity index (χ4n) is 1.41.